The van der Waals surface area contributed by atoms with Gasteiger partial charge in [0.05, 0.1) is 5.41 Å². The zero-order chi connectivity index (χ0) is 13.0. The molecule has 3 nitrogen and oxygen atoms in total. The molecule has 1 aliphatic rings. The summed E-state index contributed by atoms with van der Waals surface area (Å²) in [6.45, 7) is 1.42. The van der Waals surface area contributed by atoms with Gasteiger partial charge in [0.1, 0.15) is 0 Å². The van der Waals surface area contributed by atoms with Gasteiger partial charge in [0.15, 0.2) is 0 Å². The molecule has 0 radical (unpaired) electrons. The summed E-state index contributed by atoms with van der Waals surface area (Å²) in [6.07, 6.45) is 3.82. The van der Waals surface area contributed by atoms with Crippen molar-refractivity contribution in [2.24, 2.45) is 5.73 Å². The van der Waals surface area contributed by atoms with Crippen molar-refractivity contribution < 1.29 is 4.79 Å². The smallest absolute Gasteiger partial charge is 0.230 e. The number of hydrogen-bond donors (Lipinski definition) is 2. The molecule has 0 bridgehead atoms. The van der Waals surface area contributed by atoms with Gasteiger partial charge in [-0.3, -0.25) is 4.79 Å². The number of carbonyl (C=O) groups excluding carboxylic acids is 1. The lowest BCUT2D eigenvalue weighted by atomic mass is 9.95. The van der Waals surface area contributed by atoms with E-state index in [0.717, 1.165) is 42.3 Å². The highest BCUT2D eigenvalue weighted by molar-refractivity contribution is 9.10. The summed E-state index contributed by atoms with van der Waals surface area (Å²) in [7, 11) is 0. The molecule has 1 aromatic carbocycles. The van der Waals surface area contributed by atoms with E-state index in [0.29, 0.717) is 6.54 Å². The van der Waals surface area contributed by atoms with Crippen LogP contribution in [0, 0.1) is 0 Å². The van der Waals surface area contributed by atoms with Crippen LogP contribution in [-0.2, 0) is 10.2 Å². The summed E-state index contributed by atoms with van der Waals surface area (Å²) in [6, 6.07) is 8.06. The van der Waals surface area contributed by atoms with Crippen molar-refractivity contribution in [1.29, 1.82) is 0 Å². The van der Waals surface area contributed by atoms with E-state index in [1.54, 1.807) is 0 Å². The molecule has 1 fully saturated rings. The molecule has 4 heteroatoms. The number of carbonyl (C=O) groups is 1. The van der Waals surface area contributed by atoms with Gasteiger partial charge in [-0.1, -0.05) is 28.1 Å². The Morgan fingerprint density at radius 1 is 1.39 bits per heavy atom. The summed E-state index contributed by atoms with van der Waals surface area (Å²) >= 11 is 3.46. The minimum Gasteiger partial charge on any atom is -0.355 e. The molecule has 1 amide bonds. The Morgan fingerprint density at radius 3 is 2.78 bits per heavy atom. The summed E-state index contributed by atoms with van der Waals surface area (Å²) in [4.78, 5) is 12.2. The Labute approximate surface area is 116 Å². The van der Waals surface area contributed by atoms with Crippen LogP contribution in [-0.4, -0.2) is 19.0 Å². The Kier molecular flexibility index (Phi) is 4.40. The number of unbranched alkanes of at least 4 members (excludes halogenated alkanes) is 1. The maximum Gasteiger partial charge on any atom is 0.230 e. The van der Waals surface area contributed by atoms with E-state index in [-0.39, 0.29) is 11.3 Å². The van der Waals surface area contributed by atoms with E-state index < -0.39 is 0 Å². The van der Waals surface area contributed by atoms with Gasteiger partial charge < -0.3 is 11.1 Å². The second-order valence-electron chi connectivity index (χ2n) is 4.84. The van der Waals surface area contributed by atoms with E-state index in [9.17, 15) is 4.79 Å². The molecule has 98 valence electrons. The van der Waals surface area contributed by atoms with E-state index in [1.807, 2.05) is 24.3 Å². The van der Waals surface area contributed by atoms with Crippen molar-refractivity contribution >= 4 is 21.8 Å². The van der Waals surface area contributed by atoms with Crippen LogP contribution >= 0.6 is 15.9 Å². The minimum atomic E-state index is -0.271. The molecule has 1 aromatic rings. The lowest BCUT2D eigenvalue weighted by Crippen LogP contribution is -2.35. The Hall–Kier alpha value is -0.870. The van der Waals surface area contributed by atoms with Gasteiger partial charge in [0.25, 0.3) is 0 Å². The third-order valence-electron chi connectivity index (χ3n) is 3.48. The highest BCUT2D eigenvalue weighted by Gasteiger charge is 2.51. The van der Waals surface area contributed by atoms with Crippen LogP contribution in [0.3, 0.4) is 0 Å². The fourth-order valence-corrected chi connectivity index (χ4v) is 2.60. The van der Waals surface area contributed by atoms with Crippen molar-refractivity contribution in [3.8, 4) is 0 Å². The van der Waals surface area contributed by atoms with Crippen LogP contribution in [0.2, 0.25) is 0 Å². The number of nitrogens with two attached hydrogens (primary N) is 1. The third-order valence-corrected chi connectivity index (χ3v) is 3.97. The van der Waals surface area contributed by atoms with E-state index in [4.69, 9.17) is 5.73 Å². The summed E-state index contributed by atoms with van der Waals surface area (Å²) < 4.78 is 1.03. The van der Waals surface area contributed by atoms with Crippen LogP contribution in [0.1, 0.15) is 31.2 Å². The van der Waals surface area contributed by atoms with Crippen molar-refractivity contribution in [1.82, 2.24) is 5.32 Å². The molecule has 0 heterocycles. The standard InChI is InChI=1S/C14H19BrN2O/c15-12-5-3-4-11(10-12)14(6-7-14)13(18)17-9-2-1-8-16/h3-5,10H,1-2,6-9,16H2,(H,17,18). The number of halogens is 1. The summed E-state index contributed by atoms with van der Waals surface area (Å²) in [5.41, 5.74) is 6.28. The predicted molar refractivity (Wildman–Crippen MR) is 76.4 cm³/mol. The Morgan fingerprint density at radius 2 is 2.17 bits per heavy atom. The van der Waals surface area contributed by atoms with Gasteiger partial charge in [-0.25, -0.2) is 0 Å². The zero-order valence-electron chi connectivity index (χ0n) is 10.4. The number of rotatable bonds is 6. The van der Waals surface area contributed by atoms with Gasteiger partial charge in [-0.2, -0.15) is 0 Å². The van der Waals surface area contributed by atoms with E-state index in [1.165, 1.54) is 0 Å². The monoisotopic (exact) mass is 310 g/mol. The van der Waals surface area contributed by atoms with E-state index >= 15 is 0 Å². The second kappa shape index (κ2) is 5.85. The van der Waals surface area contributed by atoms with Crippen LogP contribution in [0.5, 0.6) is 0 Å². The van der Waals surface area contributed by atoms with Crippen LogP contribution in [0.15, 0.2) is 28.7 Å². The van der Waals surface area contributed by atoms with Gasteiger partial charge in [-0.15, -0.1) is 0 Å². The first-order valence-electron chi connectivity index (χ1n) is 6.43. The fraction of sp³-hybridized carbons (Fsp3) is 0.500. The molecule has 0 aromatic heterocycles. The molecule has 18 heavy (non-hydrogen) atoms. The topological polar surface area (TPSA) is 55.1 Å². The highest BCUT2D eigenvalue weighted by atomic mass is 79.9. The lowest BCUT2D eigenvalue weighted by molar-refractivity contribution is -0.123. The molecule has 2 rings (SSSR count). The first kappa shape index (κ1) is 13.6. The van der Waals surface area contributed by atoms with Crippen LogP contribution in [0.4, 0.5) is 0 Å². The number of hydrogen-bond acceptors (Lipinski definition) is 2. The van der Waals surface area contributed by atoms with Gasteiger partial charge in [0, 0.05) is 11.0 Å². The molecule has 0 spiro atoms. The predicted octanol–water partition coefficient (Wildman–Crippen LogP) is 2.34. The molecular weight excluding hydrogens is 292 g/mol. The molecule has 1 aliphatic carbocycles. The molecule has 0 aliphatic heterocycles. The maximum absolute atomic E-state index is 12.2. The van der Waals surface area contributed by atoms with Crippen LogP contribution < -0.4 is 11.1 Å². The quantitative estimate of drug-likeness (QED) is 0.792. The van der Waals surface area contributed by atoms with E-state index in [2.05, 4.69) is 21.2 Å². The van der Waals surface area contributed by atoms with Gasteiger partial charge in [0.2, 0.25) is 5.91 Å². The average molecular weight is 311 g/mol. The van der Waals surface area contributed by atoms with Gasteiger partial charge >= 0.3 is 0 Å². The second-order valence-corrected chi connectivity index (χ2v) is 5.76. The SMILES string of the molecule is NCCCCNC(=O)C1(c2cccc(Br)c2)CC1. The molecule has 0 saturated heterocycles. The molecule has 0 atom stereocenters. The molecule has 3 N–H and O–H groups in total. The average Bonchev–Trinajstić information content (AvgIpc) is 3.16. The number of amides is 1. The summed E-state index contributed by atoms with van der Waals surface area (Å²) in [5, 5.41) is 3.03. The molecule has 1 saturated carbocycles. The Balaban J connectivity index is 1.97. The van der Waals surface area contributed by atoms with Crippen molar-refractivity contribution in [3.63, 3.8) is 0 Å². The van der Waals surface area contributed by atoms with Gasteiger partial charge in [-0.05, 0) is 49.9 Å². The largest absolute Gasteiger partial charge is 0.355 e. The maximum atomic E-state index is 12.2. The van der Waals surface area contributed by atoms with Crippen LogP contribution in [0.25, 0.3) is 0 Å². The number of nitrogens with one attached hydrogen (secondary N) is 1. The molecular formula is C14H19BrN2O. The zero-order valence-corrected chi connectivity index (χ0v) is 12.0. The molecule has 0 unspecified atom stereocenters. The van der Waals surface area contributed by atoms with Crippen molar-refractivity contribution in [3.05, 3.63) is 34.3 Å². The fourth-order valence-electron chi connectivity index (χ4n) is 2.20. The van der Waals surface area contributed by atoms with Crippen molar-refractivity contribution in [2.75, 3.05) is 13.1 Å². The summed E-state index contributed by atoms with van der Waals surface area (Å²) in [5.74, 6) is 0.164. The third kappa shape index (κ3) is 2.93. The first-order chi connectivity index (χ1) is 8.69. The number of benzene rings is 1. The van der Waals surface area contributed by atoms with Crippen molar-refractivity contribution in [2.45, 2.75) is 31.1 Å². The first-order valence-corrected chi connectivity index (χ1v) is 7.23. The Bertz CT molecular complexity index is 430. The lowest BCUT2D eigenvalue weighted by Gasteiger charge is -2.16. The normalized spacial score (nSPS) is 16.3. The highest BCUT2D eigenvalue weighted by Crippen LogP contribution is 2.48. The minimum absolute atomic E-state index is 0.164.